The standard InChI is InChI=1S/C21H22ClF2NO4S/c22-14-1-3-16(4-2-14)30(26,27)21-8-7-15(28-10-9-25)11-13(21)12-29-20-18(24)6-5-17(23)19(20)21/h1-6,13,15H,7-12,25H2. The Morgan fingerprint density at radius 3 is 2.57 bits per heavy atom. The number of ether oxygens (including phenoxy) is 2. The summed E-state index contributed by atoms with van der Waals surface area (Å²) in [7, 11) is -4.12. The summed E-state index contributed by atoms with van der Waals surface area (Å²) < 4.78 is 67.2. The van der Waals surface area contributed by atoms with Gasteiger partial charge in [-0.05, 0) is 55.7 Å². The van der Waals surface area contributed by atoms with E-state index < -0.39 is 32.1 Å². The van der Waals surface area contributed by atoms with Gasteiger partial charge in [0, 0.05) is 17.5 Å². The van der Waals surface area contributed by atoms with E-state index in [-0.39, 0.29) is 35.3 Å². The molecule has 2 N–H and O–H groups in total. The van der Waals surface area contributed by atoms with Gasteiger partial charge in [-0.25, -0.2) is 17.2 Å². The van der Waals surface area contributed by atoms with Crippen LogP contribution in [0.25, 0.3) is 0 Å². The largest absolute Gasteiger partial charge is 0.490 e. The molecule has 1 heterocycles. The van der Waals surface area contributed by atoms with Gasteiger partial charge in [0.25, 0.3) is 0 Å². The highest BCUT2D eigenvalue weighted by atomic mass is 35.5. The summed E-state index contributed by atoms with van der Waals surface area (Å²) in [5.74, 6) is -2.52. The van der Waals surface area contributed by atoms with Gasteiger partial charge in [-0.1, -0.05) is 11.6 Å². The molecule has 0 spiro atoms. The molecular formula is C21H22ClF2NO4S. The number of benzene rings is 2. The average Bonchev–Trinajstić information content (AvgIpc) is 2.74. The van der Waals surface area contributed by atoms with Gasteiger partial charge < -0.3 is 15.2 Å². The van der Waals surface area contributed by atoms with Gasteiger partial charge in [0.15, 0.2) is 21.4 Å². The summed E-state index contributed by atoms with van der Waals surface area (Å²) in [6, 6.07) is 7.64. The van der Waals surface area contributed by atoms with Gasteiger partial charge in [0.1, 0.15) is 10.6 Å². The third-order valence-electron chi connectivity index (χ3n) is 6.03. The smallest absolute Gasteiger partial charge is 0.188 e. The molecule has 1 fully saturated rings. The maximum Gasteiger partial charge on any atom is 0.188 e. The average molecular weight is 458 g/mol. The second-order valence-electron chi connectivity index (χ2n) is 7.64. The van der Waals surface area contributed by atoms with E-state index in [0.29, 0.717) is 31.0 Å². The SMILES string of the molecule is NCCOC1CCC2(S(=O)(=O)c3ccc(Cl)cc3)c3c(F)ccc(F)c3OCC2C1. The molecule has 3 atom stereocenters. The number of sulfone groups is 1. The zero-order valence-corrected chi connectivity index (χ0v) is 17.7. The Bertz CT molecular complexity index is 1050. The molecule has 1 aliphatic carbocycles. The van der Waals surface area contributed by atoms with Gasteiger partial charge in [0.05, 0.1) is 29.8 Å². The van der Waals surface area contributed by atoms with Crippen LogP contribution in [0.3, 0.4) is 0 Å². The minimum Gasteiger partial charge on any atom is -0.490 e. The zero-order chi connectivity index (χ0) is 21.5. The molecule has 9 heteroatoms. The number of hydrogen-bond donors (Lipinski definition) is 1. The van der Waals surface area contributed by atoms with Crippen LogP contribution in [-0.4, -0.2) is 34.3 Å². The Kier molecular flexibility index (Phi) is 5.78. The first-order valence-electron chi connectivity index (χ1n) is 9.74. The summed E-state index contributed by atoms with van der Waals surface area (Å²) in [5, 5.41) is 0.381. The maximum atomic E-state index is 15.1. The second-order valence-corrected chi connectivity index (χ2v) is 10.3. The van der Waals surface area contributed by atoms with E-state index in [1.165, 1.54) is 24.3 Å². The molecule has 0 amide bonds. The Labute approximate surface area is 179 Å². The number of fused-ring (bicyclic) bond motifs is 3. The van der Waals surface area contributed by atoms with Crippen LogP contribution in [0.15, 0.2) is 41.3 Å². The van der Waals surface area contributed by atoms with Crippen LogP contribution < -0.4 is 10.5 Å². The lowest BCUT2D eigenvalue weighted by molar-refractivity contribution is -0.0121. The number of halogens is 3. The van der Waals surface area contributed by atoms with Crippen molar-refractivity contribution in [1.82, 2.24) is 0 Å². The molecule has 0 saturated heterocycles. The molecule has 4 rings (SSSR count). The quantitative estimate of drug-likeness (QED) is 0.738. The van der Waals surface area contributed by atoms with Crippen LogP contribution in [0.4, 0.5) is 8.78 Å². The van der Waals surface area contributed by atoms with Crippen molar-refractivity contribution in [3.8, 4) is 5.75 Å². The van der Waals surface area contributed by atoms with Gasteiger partial charge in [-0.2, -0.15) is 0 Å². The van der Waals surface area contributed by atoms with E-state index in [9.17, 15) is 12.8 Å². The van der Waals surface area contributed by atoms with Crippen LogP contribution in [0.2, 0.25) is 5.02 Å². The van der Waals surface area contributed by atoms with Crippen LogP contribution in [0.1, 0.15) is 24.8 Å². The molecule has 30 heavy (non-hydrogen) atoms. The van der Waals surface area contributed by atoms with Crippen LogP contribution in [-0.2, 0) is 19.3 Å². The predicted molar refractivity (Wildman–Crippen MR) is 108 cm³/mol. The molecule has 1 aliphatic heterocycles. The van der Waals surface area contributed by atoms with Crippen molar-refractivity contribution in [3.63, 3.8) is 0 Å². The first kappa shape index (κ1) is 21.5. The molecule has 2 aliphatic rings. The Hall–Kier alpha value is -1.74. The normalized spacial score (nSPS) is 25.9. The van der Waals surface area contributed by atoms with Gasteiger partial charge >= 0.3 is 0 Å². The van der Waals surface area contributed by atoms with Crippen LogP contribution >= 0.6 is 11.6 Å². The van der Waals surface area contributed by atoms with Gasteiger partial charge in [-0.15, -0.1) is 0 Å². The van der Waals surface area contributed by atoms with Crippen molar-refractivity contribution in [3.05, 3.63) is 58.6 Å². The van der Waals surface area contributed by atoms with Crippen molar-refractivity contribution in [1.29, 1.82) is 0 Å². The molecule has 162 valence electrons. The molecule has 3 unspecified atom stereocenters. The van der Waals surface area contributed by atoms with E-state index in [1.807, 2.05) is 0 Å². The Balaban J connectivity index is 1.90. The molecule has 1 saturated carbocycles. The predicted octanol–water partition coefficient (Wildman–Crippen LogP) is 3.82. The van der Waals surface area contributed by atoms with Gasteiger partial charge in [-0.3, -0.25) is 0 Å². The molecule has 2 aromatic rings. The van der Waals surface area contributed by atoms with Crippen molar-refractivity contribution in [2.45, 2.75) is 35.0 Å². The molecular weight excluding hydrogens is 436 g/mol. The number of rotatable bonds is 5. The first-order chi connectivity index (χ1) is 14.3. The highest BCUT2D eigenvalue weighted by Gasteiger charge is 2.59. The third kappa shape index (κ3) is 3.30. The molecule has 0 radical (unpaired) electrons. The van der Waals surface area contributed by atoms with Crippen molar-refractivity contribution in [2.24, 2.45) is 11.7 Å². The van der Waals surface area contributed by atoms with E-state index in [1.54, 1.807) is 0 Å². The molecule has 0 bridgehead atoms. The Morgan fingerprint density at radius 2 is 1.87 bits per heavy atom. The zero-order valence-electron chi connectivity index (χ0n) is 16.1. The van der Waals surface area contributed by atoms with Gasteiger partial charge in [0.2, 0.25) is 0 Å². The number of hydrogen-bond acceptors (Lipinski definition) is 5. The summed E-state index contributed by atoms with van der Waals surface area (Å²) in [6.07, 6.45) is 0.559. The molecule has 5 nitrogen and oxygen atoms in total. The fourth-order valence-corrected chi connectivity index (χ4v) is 7.18. The summed E-state index contributed by atoms with van der Waals surface area (Å²) >= 11 is 5.93. The third-order valence-corrected chi connectivity index (χ3v) is 8.88. The summed E-state index contributed by atoms with van der Waals surface area (Å²) in [4.78, 5) is 0.00902. The lowest BCUT2D eigenvalue weighted by Gasteiger charge is -2.48. The lowest BCUT2D eigenvalue weighted by Crippen LogP contribution is -2.53. The van der Waals surface area contributed by atoms with Crippen molar-refractivity contribution in [2.75, 3.05) is 19.8 Å². The summed E-state index contributed by atoms with van der Waals surface area (Å²) in [5.41, 5.74) is 5.28. The minimum atomic E-state index is -4.12. The minimum absolute atomic E-state index is 0.00902. The highest BCUT2D eigenvalue weighted by molar-refractivity contribution is 7.92. The van der Waals surface area contributed by atoms with E-state index >= 15 is 4.39 Å². The van der Waals surface area contributed by atoms with Crippen molar-refractivity contribution < 1.29 is 26.7 Å². The topological polar surface area (TPSA) is 78.6 Å². The summed E-state index contributed by atoms with van der Waals surface area (Å²) in [6.45, 7) is 0.631. The van der Waals surface area contributed by atoms with Crippen LogP contribution in [0, 0.1) is 17.6 Å². The maximum absolute atomic E-state index is 15.1. The fourth-order valence-electron chi connectivity index (χ4n) is 4.69. The lowest BCUT2D eigenvalue weighted by atomic mass is 9.72. The molecule has 0 aromatic heterocycles. The second kappa shape index (κ2) is 8.07. The fraction of sp³-hybridized carbons (Fsp3) is 0.429. The molecule has 2 aromatic carbocycles. The Morgan fingerprint density at radius 1 is 1.17 bits per heavy atom. The van der Waals surface area contributed by atoms with E-state index in [0.717, 1.165) is 12.1 Å². The van der Waals surface area contributed by atoms with E-state index in [2.05, 4.69) is 0 Å². The van der Waals surface area contributed by atoms with E-state index in [4.69, 9.17) is 26.8 Å². The highest BCUT2D eigenvalue weighted by Crippen LogP contribution is 2.56. The van der Waals surface area contributed by atoms with Crippen LogP contribution in [0.5, 0.6) is 5.75 Å². The monoisotopic (exact) mass is 457 g/mol. The van der Waals surface area contributed by atoms with Crippen molar-refractivity contribution >= 4 is 21.4 Å². The number of nitrogens with two attached hydrogens (primary N) is 1. The first-order valence-corrected chi connectivity index (χ1v) is 11.6.